The van der Waals surface area contributed by atoms with Crippen LogP contribution in [0.5, 0.6) is 5.75 Å². The molecule has 0 aliphatic carbocycles. The lowest BCUT2D eigenvalue weighted by Gasteiger charge is -2.17. The summed E-state index contributed by atoms with van der Waals surface area (Å²) in [6, 6.07) is 14.7. The number of hydrogen-bond acceptors (Lipinski definition) is 4. The van der Waals surface area contributed by atoms with Crippen molar-refractivity contribution in [1.29, 1.82) is 5.26 Å². The van der Waals surface area contributed by atoms with Crippen LogP contribution in [0.4, 0.5) is 0 Å². The third-order valence-electron chi connectivity index (χ3n) is 3.16. The summed E-state index contributed by atoms with van der Waals surface area (Å²) < 4.78 is 31.5. The second-order valence-electron chi connectivity index (χ2n) is 4.77. The second kappa shape index (κ2) is 7.47. The average Bonchev–Trinajstić information content (AvgIpc) is 2.56. The third kappa shape index (κ3) is 4.45. The number of halogens is 1. The van der Waals surface area contributed by atoms with Crippen LogP contribution in [0.3, 0.4) is 0 Å². The normalized spacial score (nSPS) is 11.2. The number of rotatable bonds is 6. The minimum absolute atomic E-state index is 0.0885. The molecule has 0 saturated carbocycles. The standard InChI is InChI=1S/C16H15ClN2O3S/c1-19(9-10-22-15-7-5-14(17)6-8-15)23(20,21)16-4-2-3-13(11-16)12-18/h2-8,11H,9-10H2,1H3. The highest BCUT2D eigenvalue weighted by Crippen LogP contribution is 2.17. The van der Waals surface area contributed by atoms with E-state index in [0.29, 0.717) is 16.3 Å². The maximum atomic E-state index is 12.4. The maximum Gasteiger partial charge on any atom is 0.242 e. The largest absolute Gasteiger partial charge is 0.492 e. The number of nitriles is 1. The summed E-state index contributed by atoms with van der Waals surface area (Å²) in [5.74, 6) is 0.617. The van der Waals surface area contributed by atoms with E-state index in [1.165, 1.54) is 23.5 Å². The summed E-state index contributed by atoms with van der Waals surface area (Å²) >= 11 is 5.78. The molecule has 0 spiro atoms. The van der Waals surface area contributed by atoms with Crippen molar-refractivity contribution < 1.29 is 13.2 Å². The van der Waals surface area contributed by atoms with Crippen LogP contribution in [0.25, 0.3) is 0 Å². The lowest BCUT2D eigenvalue weighted by molar-refractivity contribution is 0.287. The van der Waals surface area contributed by atoms with Gasteiger partial charge >= 0.3 is 0 Å². The molecular formula is C16H15ClN2O3S. The van der Waals surface area contributed by atoms with Crippen LogP contribution in [0, 0.1) is 11.3 Å². The molecule has 2 rings (SSSR count). The van der Waals surface area contributed by atoms with Crippen LogP contribution in [-0.4, -0.2) is 32.9 Å². The van der Waals surface area contributed by atoms with Gasteiger partial charge < -0.3 is 4.74 Å². The van der Waals surface area contributed by atoms with E-state index in [1.54, 1.807) is 36.4 Å². The zero-order chi connectivity index (χ0) is 16.9. The fraction of sp³-hybridized carbons (Fsp3) is 0.188. The zero-order valence-electron chi connectivity index (χ0n) is 12.4. The van der Waals surface area contributed by atoms with Crippen LogP contribution in [0.2, 0.25) is 5.02 Å². The van der Waals surface area contributed by atoms with Crippen LogP contribution in [0.1, 0.15) is 5.56 Å². The highest BCUT2D eigenvalue weighted by atomic mass is 35.5. The Morgan fingerprint density at radius 2 is 1.91 bits per heavy atom. The quantitative estimate of drug-likeness (QED) is 0.803. The van der Waals surface area contributed by atoms with Gasteiger partial charge in [0.1, 0.15) is 12.4 Å². The number of hydrogen-bond donors (Lipinski definition) is 0. The van der Waals surface area contributed by atoms with Gasteiger partial charge in [0.2, 0.25) is 10.0 Å². The van der Waals surface area contributed by atoms with Gasteiger partial charge in [0.05, 0.1) is 16.5 Å². The van der Waals surface area contributed by atoms with Crippen LogP contribution in [-0.2, 0) is 10.0 Å². The average molecular weight is 351 g/mol. The second-order valence-corrected chi connectivity index (χ2v) is 7.25. The highest BCUT2D eigenvalue weighted by molar-refractivity contribution is 7.89. The maximum absolute atomic E-state index is 12.4. The van der Waals surface area contributed by atoms with Gasteiger partial charge in [0.25, 0.3) is 0 Å². The van der Waals surface area contributed by atoms with E-state index in [2.05, 4.69) is 0 Å². The molecule has 7 heteroatoms. The molecule has 0 N–H and O–H groups in total. The number of likely N-dealkylation sites (N-methyl/N-ethyl adjacent to an activating group) is 1. The van der Waals surface area contributed by atoms with Crippen molar-refractivity contribution in [3.63, 3.8) is 0 Å². The number of nitrogens with zero attached hydrogens (tertiary/aromatic N) is 2. The monoisotopic (exact) mass is 350 g/mol. The Hall–Kier alpha value is -2.07. The van der Waals surface area contributed by atoms with E-state index in [-0.39, 0.29) is 18.0 Å². The predicted molar refractivity (Wildman–Crippen MR) is 87.9 cm³/mol. The molecule has 0 bridgehead atoms. The summed E-state index contributed by atoms with van der Waals surface area (Å²) in [5, 5.41) is 9.47. The lowest BCUT2D eigenvalue weighted by Crippen LogP contribution is -2.31. The van der Waals surface area contributed by atoms with E-state index in [9.17, 15) is 8.42 Å². The Morgan fingerprint density at radius 3 is 2.57 bits per heavy atom. The van der Waals surface area contributed by atoms with Crippen molar-refractivity contribution >= 4 is 21.6 Å². The molecule has 0 heterocycles. The van der Waals surface area contributed by atoms with Crippen molar-refractivity contribution in [2.45, 2.75) is 4.90 Å². The lowest BCUT2D eigenvalue weighted by atomic mass is 10.2. The molecule has 0 atom stereocenters. The number of ether oxygens (including phenoxy) is 1. The van der Waals surface area contributed by atoms with Gasteiger partial charge in [-0.1, -0.05) is 17.7 Å². The molecule has 2 aromatic carbocycles. The van der Waals surface area contributed by atoms with Gasteiger partial charge in [0, 0.05) is 18.6 Å². The minimum Gasteiger partial charge on any atom is -0.492 e. The third-order valence-corrected chi connectivity index (χ3v) is 5.26. The summed E-state index contributed by atoms with van der Waals surface area (Å²) in [6.07, 6.45) is 0. The first-order chi connectivity index (χ1) is 10.9. The topological polar surface area (TPSA) is 70.4 Å². The van der Waals surface area contributed by atoms with Crippen molar-refractivity contribution in [3.8, 4) is 11.8 Å². The summed E-state index contributed by atoms with van der Waals surface area (Å²) in [4.78, 5) is 0.0885. The van der Waals surface area contributed by atoms with Crippen molar-refractivity contribution in [2.24, 2.45) is 0 Å². The van der Waals surface area contributed by atoms with E-state index in [0.717, 1.165) is 0 Å². The first-order valence-electron chi connectivity index (χ1n) is 6.78. The highest BCUT2D eigenvalue weighted by Gasteiger charge is 2.20. The van der Waals surface area contributed by atoms with E-state index in [1.807, 2.05) is 6.07 Å². The zero-order valence-corrected chi connectivity index (χ0v) is 14.0. The van der Waals surface area contributed by atoms with E-state index < -0.39 is 10.0 Å². The number of sulfonamides is 1. The molecule has 0 saturated heterocycles. The van der Waals surface area contributed by atoms with Gasteiger partial charge in [-0.05, 0) is 42.5 Å². The Bertz CT molecular complexity index is 814. The molecule has 0 radical (unpaired) electrons. The number of benzene rings is 2. The van der Waals surface area contributed by atoms with E-state index in [4.69, 9.17) is 21.6 Å². The predicted octanol–water partition coefficient (Wildman–Crippen LogP) is 2.91. The minimum atomic E-state index is -3.65. The van der Waals surface area contributed by atoms with Crippen molar-refractivity contribution in [3.05, 3.63) is 59.1 Å². The molecule has 2 aromatic rings. The molecular weight excluding hydrogens is 336 g/mol. The molecule has 0 amide bonds. The molecule has 0 fully saturated rings. The summed E-state index contributed by atoms with van der Waals surface area (Å²) in [7, 11) is -2.18. The summed E-state index contributed by atoms with van der Waals surface area (Å²) in [5.41, 5.74) is 0.303. The first kappa shape index (κ1) is 17.3. The van der Waals surface area contributed by atoms with Crippen molar-refractivity contribution in [1.82, 2.24) is 4.31 Å². The Morgan fingerprint density at radius 1 is 1.22 bits per heavy atom. The molecule has 5 nitrogen and oxygen atoms in total. The van der Waals surface area contributed by atoms with Crippen LogP contribution < -0.4 is 4.74 Å². The van der Waals surface area contributed by atoms with Crippen LogP contribution in [0.15, 0.2) is 53.4 Å². The van der Waals surface area contributed by atoms with Crippen molar-refractivity contribution in [2.75, 3.05) is 20.2 Å². The Balaban J connectivity index is 2.00. The molecule has 120 valence electrons. The fourth-order valence-corrected chi connectivity index (χ4v) is 3.18. The summed E-state index contributed by atoms with van der Waals surface area (Å²) in [6.45, 7) is 0.386. The Labute approximate surface area is 140 Å². The van der Waals surface area contributed by atoms with Gasteiger partial charge in [0.15, 0.2) is 0 Å². The molecule has 0 unspecified atom stereocenters. The molecule has 23 heavy (non-hydrogen) atoms. The first-order valence-corrected chi connectivity index (χ1v) is 8.60. The molecule has 0 aliphatic heterocycles. The van der Waals surface area contributed by atoms with Gasteiger partial charge in [-0.2, -0.15) is 9.57 Å². The van der Waals surface area contributed by atoms with Gasteiger partial charge in [-0.15, -0.1) is 0 Å². The molecule has 0 aliphatic rings. The fourth-order valence-electron chi connectivity index (χ4n) is 1.85. The van der Waals surface area contributed by atoms with E-state index >= 15 is 0 Å². The van der Waals surface area contributed by atoms with Gasteiger partial charge in [-0.3, -0.25) is 0 Å². The Kier molecular flexibility index (Phi) is 5.61. The smallest absolute Gasteiger partial charge is 0.242 e. The van der Waals surface area contributed by atoms with Crippen LogP contribution >= 0.6 is 11.6 Å². The van der Waals surface area contributed by atoms with Gasteiger partial charge in [-0.25, -0.2) is 8.42 Å². The molecule has 0 aromatic heterocycles. The SMILES string of the molecule is CN(CCOc1ccc(Cl)cc1)S(=O)(=O)c1cccc(C#N)c1.